The average Bonchev–Trinajstić information content (AvgIpc) is 2.28. The molecule has 1 heterocycles. The third-order valence-corrected chi connectivity index (χ3v) is 4.33. The molecule has 94 valence electrons. The van der Waals surface area contributed by atoms with Gasteiger partial charge in [-0.25, -0.2) is 0 Å². The Balaban J connectivity index is 2.44. The van der Waals surface area contributed by atoms with Crippen LogP contribution in [0.2, 0.25) is 0 Å². The number of piperidine rings is 1. The van der Waals surface area contributed by atoms with Crippen LogP contribution in [0.3, 0.4) is 0 Å². The zero-order valence-corrected chi connectivity index (χ0v) is 11.3. The second kappa shape index (κ2) is 6.50. The van der Waals surface area contributed by atoms with Crippen molar-refractivity contribution in [3.05, 3.63) is 0 Å². The number of nitrogens with zero attached hydrogens (tertiary/aromatic N) is 1. The maximum Gasteiger partial charge on any atom is 0.223 e. The molecule has 3 nitrogen and oxygen atoms in total. The molecule has 16 heavy (non-hydrogen) atoms. The number of aliphatic hydroxyl groups is 1. The Bertz CT molecular complexity index is 233. The summed E-state index contributed by atoms with van der Waals surface area (Å²) in [6.07, 6.45) is 4.42. The third-order valence-electron chi connectivity index (χ3n) is 3.36. The molecule has 1 saturated heterocycles. The minimum atomic E-state index is -0.298. The van der Waals surface area contributed by atoms with Crippen molar-refractivity contribution in [2.75, 3.05) is 19.3 Å². The van der Waals surface area contributed by atoms with Gasteiger partial charge in [0.1, 0.15) is 0 Å². The summed E-state index contributed by atoms with van der Waals surface area (Å²) in [6, 6.07) is 0. The summed E-state index contributed by atoms with van der Waals surface area (Å²) in [4.78, 5) is 13.9. The fourth-order valence-corrected chi connectivity index (χ4v) is 2.40. The van der Waals surface area contributed by atoms with Gasteiger partial charge in [-0.05, 0) is 26.0 Å². The molecule has 0 bridgehead atoms. The second-order valence-corrected chi connectivity index (χ2v) is 6.01. The van der Waals surface area contributed by atoms with Crippen molar-refractivity contribution in [2.24, 2.45) is 5.92 Å². The fourth-order valence-electron chi connectivity index (χ4n) is 2.09. The van der Waals surface area contributed by atoms with Crippen molar-refractivity contribution in [1.29, 1.82) is 0 Å². The van der Waals surface area contributed by atoms with Crippen molar-refractivity contribution in [3.63, 3.8) is 0 Å². The molecule has 0 spiro atoms. The topological polar surface area (TPSA) is 40.5 Å². The van der Waals surface area contributed by atoms with Crippen LogP contribution >= 0.6 is 11.8 Å². The van der Waals surface area contributed by atoms with Crippen LogP contribution in [-0.2, 0) is 4.79 Å². The molecular weight excluding hydrogens is 222 g/mol. The van der Waals surface area contributed by atoms with Gasteiger partial charge in [0.15, 0.2) is 0 Å². The van der Waals surface area contributed by atoms with Crippen LogP contribution in [0.25, 0.3) is 0 Å². The molecule has 0 aliphatic carbocycles. The number of thioether (sulfide) groups is 1. The molecule has 1 rings (SSSR count). The predicted octanol–water partition coefficient (Wildman–Crippen LogP) is 1.75. The summed E-state index contributed by atoms with van der Waals surface area (Å²) in [5, 5.41) is 9.95. The Kier molecular flexibility index (Phi) is 5.62. The molecule has 1 aliphatic rings. The van der Waals surface area contributed by atoms with Crippen molar-refractivity contribution in [1.82, 2.24) is 4.90 Å². The van der Waals surface area contributed by atoms with Crippen LogP contribution in [0.4, 0.5) is 0 Å². The van der Waals surface area contributed by atoms with E-state index in [4.69, 9.17) is 0 Å². The van der Waals surface area contributed by atoms with Crippen molar-refractivity contribution in [3.8, 4) is 0 Å². The van der Waals surface area contributed by atoms with Gasteiger partial charge < -0.3 is 10.0 Å². The van der Waals surface area contributed by atoms with Crippen LogP contribution in [0, 0.1) is 5.92 Å². The lowest BCUT2D eigenvalue weighted by Gasteiger charge is -2.34. The summed E-state index contributed by atoms with van der Waals surface area (Å²) in [7, 11) is 0. The quantitative estimate of drug-likeness (QED) is 0.820. The van der Waals surface area contributed by atoms with E-state index in [9.17, 15) is 9.90 Å². The van der Waals surface area contributed by atoms with Crippen molar-refractivity contribution in [2.45, 2.75) is 44.5 Å². The van der Waals surface area contributed by atoms with Crippen LogP contribution in [0.15, 0.2) is 0 Å². The highest BCUT2D eigenvalue weighted by molar-refractivity contribution is 7.99. The Morgan fingerprint density at radius 3 is 2.81 bits per heavy atom. The summed E-state index contributed by atoms with van der Waals surface area (Å²) in [5.41, 5.74) is 0. The van der Waals surface area contributed by atoms with Crippen LogP contribution in [0.5, 0.6) is 0 Å². The van der Waals surface area contributed by atoms with Gasteiger partial charge in [0, 0.05) is 30.7 Å². The average molecular weight is 245 g/mol. The van der Waals surface area contributed by atoms with Gasteiger partial charge in [-0.1, -0.05) is 6.92 Å². The van der Waals surface area contributed by atoms with E-state index >= 15 is 0 Å². The van der Waals surface area contributed by atoms with E-state index in [1.807, 2.05) is 18.1 Å². The van der Waals surface area contributed by atoms with Crippen LogP contribution in [0.1, 0.15) is 33.1 Å². The molecule has 0 saturated carbocycles. The van der Waals surface area contributed by atoms with E-state index in [-0.39, 0.29) is 17.9 Å². The highest BCUT2D eigenvalue weighted by atomic mass is 32.2. The first kappa shape index (κ1) is 13.8. The lowest BCUT2D eigenvalue weighted by molar-refractivity contribution is -0.133. The first-order valence-corrected chi connectivity index (χ1v) is 7.32. The van der Waals surface area contributed by atoms with Gasteiger partial charge in [-0.3, -0.25) is 4.79 Å². The molecule has 1 amide bonds. The number of aliphatic hydroxyl groups excluding tert-OH is 1. The lowest BCUT2D eigenvalue weighted by Crippen LogP contribution is -2.43. The Morgan fingerprint density at radius 2 is 2.25 bits per heavy atom. The summed E-state index contributed by atoms with van der Waals surface area (Å²) in [5.74, 6) is 0.509. The van der Waals surface area contributed by atoms with Crippen LogP contribution in [-0.4, -0.2) is 46.6 Å². The minimum Gasteiger partial charge on any atom is -0.393 e. The Hall–Kier alpha value is -0.220. The number of carbonyl (C=O) groups excluding carboxylic acids is 1. The fraction of sp³-hybridized carbons (Fsp3) is 0.917. The smallest absolute Gasteiger partial charge is 0.223 e. The van der Waals surface area contributed by atoms with Gasteiger partial charge in [-0.15, -0.1) is 0 Å². The normalized spacial score (nSPS) is 25.2. The number of likely N-dealkylation sites (tertiary alicyclic amines) is 1. The molecule has 0 aromatic carbocycles. The number of rotatable bonds is 4. The molecule has 1 N–H and O–H groups in total. The lowest BCUT2D eigenvalue weighted by atomic mass is 9.93. The molecule has 3 atom stereocenters. The maximum absolute atomic E-state index is 12.0. The second-order valence-electron chi connectivity index (χ2n) is 4.73. The SMILES string of the molecule is CSC(C)CC(=O)N1CCCC(C(C)O)C1. The molecule has 1 aliphatic heterocycles. The van der Waals surface area contributed by atoms with Gasteiger partial charge >= 0.3 is 0 Å². The van der Waals surface area contributed by atoms with E-state index in [0.717, 1.165) is 25.9 Å². The van der Waals surface area contributed by atoms with E-state index in [1.54, 1.807) is 11.8 Å². The highest BCUT2D eigenvalue weighted by Crippen LogP contribution is 2.21. The minimum absolute atomic E-state index is 0.243. The number of amides is 1. The van der Waals surface area contributed by atoms with Crippen molar-refractivity contribution < 1.29 is 9.90 Å². The molecule has 0 aromatic heterocycles. The Morgan fingerprint density at radius 1 is 1.56 bits per heavy atom. The van der Waals surface area contributed by atoms with Gasteiger partial charge in [0.05, 0.1) is 6.10 Å². The number of hydrogen-bond donors (Lipinski definition) is 1. The molecule has 0 radical (unpaired) electrons. The first-order chi connectivity index (χ1) is 7.54. The summed E-state index contributed by atoms with van der Waals surface area (Å²) in [6.45, 7) is 5.50. The molecular formula is C12H23NO2S. The van der Waals surface area contributed by atoms with E-state index in [1.165, 1.54) is 0 Å². The van der Waals surface area contributed by atoms with Crippen LogP contribution < -0.4 is 0 Å². The molecule has 4 heteroatoms. The summed E-state index contributed by atoms with van der Waals surface area (Å²) >= 11 is 1.73. The number of hydrogen-bond acceptors (Lipinski definition) is 3. The Labute approximate surface area is 103 Å². The van der Waals surface area contributed by atoms with Gasteiger partial charge in [0.2, 0.25) is 5.91 Å². The standard InChI is InChI=1S/C12H23NO2S/c1-9(16-3)7-12(15)13-6-4-5-11(8-13)10(2)14/h9-11,14H,4-8H2,1-3H3. The largest absolute Gasteiger partial charge is 0.393 e. The van der Waals surface area contributed by atoms with Gasteiger partial charge in [-0.2, -0.15) is 11.8 Å². The zero-order valence-electron chi connectivity index (χ0n) is 10.5. The van der Waals surface area contributed by atoms with E-state index in [2.05, 4.69) is 6.92 Å². The predicted molar refractivity (Wildman–Crippen MR) is 68.6 cm³/mol. The van der Waals surface area contributed by atoms with Gasteiger partial charge in [0.25, 0.3) is 0 Å². The third kappa shape index (κ3) is 3.98. The maximum atomic E-state index is 12.0. The monoisotopic (exact) mass is 245 g/mol. The van der Waals surface area contributed by atoms with E-state index in [0.29, 0.717) is 11.7 Å². The number of carbonyl (C=O) groups is 1. The molecule has 1 fully saturated rings. The summed E-state index contributed by atoms with van der Waals surface area (Å²) < 4.78 is 0. The van der Waals surface area contributed by atoms with E-state index < -0.39 is 0 Å². The van der Waals surface area contributed by atoms with Crippen molar-refractivity contribution >= 4 is 17.7 Å². The zero-order chi connectivity index (χ0) is 12.1. The molecule has 0 aromatic rings. The first-order valence-electron chi connectivity index (χ1n) is 6.03. The molecule has 3 unspecified atom stereocenters. The highest BCUT2D eigenvalue weighted by Gasteiger charge is 2.26.